The van der Waals surface area contributed by atoms with Gasteiger partial charge in [-0.2, -0.15) is 0 Å². The Hall–Kier alpha value is -1.81. The largest absolute Gasteiger partial charge is 0.361 e. The maximum atomic E-state index is 11.8. The molecule has 1 heterocycles. The molecule has 0 bridgehead atoms. The van der Waals surface area contributed by atoms with Crippen LogP contribution in [-0.4, -0.2) is 36.4 Å². The molecule has 2 rings (SSSR count). The normalized spacial score (nSPS) is 10.8. The van der Waals surface area contributed by atoms with Crippen molar-refractivity contribution in [3.63, 3.8) is 0 Å². The van der Waals surface area contributed by atoms with E-state index in [-0.39, 0.29) is 5.91 Å². The van der Waals surface area contributed by atoms with Crippen molar-refractivity contribution in [3.8, 4) is 0 Å². The number of amides is 1. The fourth-order valence-electron chi connectivity index (χ4n) is 2.03. The second-order valence-electron chi connectivity index (χ2n) is 4.46. The van der Waals surface area contributed by atoms with Gasteiger partial charge in [0.05, 0.1) is 0 Å². The van der Waals surface area contributed by atoms with Crippen LogP contribution in [0, 0.1) is 0 Å². The molecule has 0 spiro atoms. The van der Waals surface area contributed by atoms with E-state index in [4.69, 9.17) is 0 Å². The van der Waals surface area contributed by atoms with Crippen LogP contribution in [-0.2, 0) is 11.3 Å². The summed E-state index contributed by atoms with van der Waals surface area (Å²) < 4.78 is 0. The zero-order valence-corrected chi connectivity index (χ0v) is 10.9. The van der Waals surface area contributed by atoms with E-state index in [1.54, 1.807) is 4.90 Å². The number of rotatable bonds is 5. The van der Waals surface area contributed by atoms with Crippen molar-refractivity contribution >= 4 is 16.8 Å². The molecule has 0 unspecified atom stereocenters. The summed E-state index contributed by atoms with van der Waals surface area (Å²) in [6.45, 7) is 1.36. The average Bonchev–Trinajstić information content (AvgIpc) is 2.79. The molecule has 0 saturated heterocycles. The van der Waals surface area contributed by atoms with E-state index >= 15 is 0 Å². The fourth-order valence-corrected chi connectivity index (χ4v) is 2.03. The molecular formula is C14H19N3O. The molecule has 18 heavy (non-hydrogen) atoms. The van der Waals surface area contributed by atoms with E-state index in [2.05, 4.69) is 16.4 Å². The van der Waals surface area contributed by atoms with Crippen molar-refractivity contribution in [1.29, 1.82) is 0 Å². The molecule has 0 fully saturated rings. The molecule has 0 saturated carbocycles. The monoisotopic (exact) mass is 245 g/mol. The summed E-state index contributed by atoms with van der Waals surface area (Å²) >= 11 is 0. The van der Waals surface area contributed by atoms with Crippen LogP contribution >= 0.6 is 0 Å². The lowest BCUT2D eigenvalue weighted by molar-refractivity contribution is -0.130. The molecule has 0 radical (unpaired) electrons. The lowest BCUT2D eigenvalue weighted by Crippen LogP contribution is -2.28. The van der Waals surface area contributed by atoms with Crippen molar-refractivity contribution in [2.45, 2.75) is 13.0 Å². The number of nitrogens with one attached hydrogen (secondary N) is 2. The summed E-state index contributed by atoms with van der Waals surface area (Å²) in [5.41, 5.74) is 2.27. The third-order valence-corrected chi connectivity index (χ3v) is 3.10. The van der Waals surface area contributed by atoms with Gasteiger partial charge >= 0.3 is 0 Å². The SMILES string of the molecule is CNCCC(=O)N(C)Cc1c[nH]c2ccccc12. The highest BCUT2D eigenvalue weighted by atomic mass is 16.2. The minimum Gasteiger partial charge on any atom is -0.361 e. The van der Waals surface area contributed by atoms with Crippen molar-refractivity contribution in [3.05, 3.63) is 36.0 Å². The zero-order valence-electron chi connectivity index (χ0n) is 10.9. The number of hydrogen-bond acceptors (Lipinski definition) is 2. The summed E-state index contributed by atoms with van der Waals surface area (Å²) in [6.07, 6.45) is 2.52. The molecule has 96 valence electrons. The van der Waals surface area contributed by atoms with E-state index in [1.165, 1.54) is 5.39 Å². The molecule has 0 aliphatic carbocycles. The Morgan fingerprint density at radius 1 is 1.39 bits per heavy atom. The summed E-state index contributed by atoms with van der Waals surface area (Å²) in [4.78, 5) is 16.8. The molecule has 2 N–H and O–H groups in total. The molecule has 4 nitrogen and oxygen atoms in total. The molecule has 1 amide bonds. The Labute approximate surface area is 107 Å². The van der Waals surface area contributed by atoms with Gasteiger partial charge in [-0.3, -0.25) is 4.79 Å². The Morgan fingerprint density at radius 2 is 2.17 bits per heavy atom. The second-order valence-corrected chi connectivity index (χ2v) is 4.46. The van der Waals surface area contributed by atoms with Crippen LogP contribution in [0.15, 0.2) is 30.5 Å². The average molecular weight is 245 g/mol. The first kappa shape index (κ1) is 12.6. The van der Waals surface area contributed by atoms with Gasteiger partial charge in [0, 0.05) is 43.7 Å². The van der Waals surface area contributed by atoms with Crippen molar-refractivity contribution in [2.75, 3.05) is 20.6 Å². The molecule has 4 heteroatoms. The standard InChI is InChI=1S/C14H19N3O/c1-15-8-7-14(18)17(2)10-11-9-16-13-6-4-3-5-12(11)13/h3-6,9,15-16H,7-8,10H2,1-2H3. The lowest BCUT2D eigenvalue weighted by atomic mass is 10.1. The maximum Gasteiger partial charge on any atom is 0.223 e. The number of nitrogens with zero attached hydrogens (tertiary/aromatic N) is 1. The molecule has 2 aromatic rings. The molecule has 0 aliphatic rings. The maximum absolute atomic E-state index is 11.8. The Kier molecular flexibility index (Phi) is 3.99. The van der Waals surface area contributed by atoms with Gasteiger partial charge in [0.1, 0.15) is 0 Å². The van der Waals surface area contributed by atoms with Crippen LogP contribution in [0.5, 0.6) is 0 Å². The molecule has 1 aromatic carbocycles. The number of hydrogen-bond donors (Lipinski definition) is 2. The number of aromatic amines is 1. The van der Waals surface area contributed by atoms with Gasteiger partial charge in [0.15, 0.2) is 0 Å². The Balaban J connectivity index is 2.07. The van der Waals surface area contributed by atoms with Crippen LogP contribution in [0.3, 0.4) is 0 Å². The summed E-state index contributed by atoms with van der Waals surface area (Å²) in [5, 5.41) is 4.17. The van der Waals surface area contributed by atoms with Crippen LogP contribution in [0.25, 0.3) is 10.9 Å². The zero-order chi connectivity index (χ0) is 13.0. The van der Waals surface area contributed by atoms with E-state index < -0.39 is 0 Å². The smallest absolute Gasteiger partial charge is 0.223 e. The Bertz CT molecular complexity index is 533. The van der Waals surface area contributed by atoms with E-state index in [1.807, 2.05) is 38.5 Å². The van der Waals surface area contributed by atoms with Gasteiger partial charge in [-0.25, -0.2) is 0 Å². The minimum atomic E-state index is 0.162. The summed E-state index contributed by atoms with van der Waals surface area (Å²) in [7, 11) is 3.70. The van der Waals surface area contributed by atoms with Crippen LogP contribution in [0.2, 0.25) is 0 Å². The van der Waals surface area contributed by atoms with Crippen LogP contribution < -0.4 is 5.32 Å². The molecule has 0 atom stereocenters. The molecular weight excluding hydrogens is 226 g/mol. The number of fused-ring (bicyclic) bond motifs is 1. The van der Waals surface area contributed by atoms with Gasteiger partial charge < -0.3 is 15.2 Å². The number of aromatic nitrogens is 1. The first-order chi connectivity index (χ1) is 8.72. The lowest BCUT2D eigenvalue weighted by Gasteiger charge is -2.16. The van der Waals surface area contributed by atoms with Gasteiger partial charge in [0.25, 0.3) is 0 Å². The topological polar surface area (TPSA) is 48.1 Å². The van der Waals surface area contributed by atoms with Gasteiger partial charge in [-0.1, -0.05) is 18.2 Å². The predicted octanol–water partition coefficient (Wildman–Crippen LogP) is 1.74. The van der Waals surface area contributed by atoms with E-state index in [9.17, 15) is 4.79 Å². The Morgan fingerprint density at radius 3 is 2.94 bits per heavy atom. The molecule has 0 aliphatic heterocycles. The molecule has 1 aromatic heterocycles. The highest BCUT2D eigenvalue weighted by Crippen LogP contribution is 2.18. The van der Waals surface area contributed by atoms with Crippen LogP contribution in [0.1, 0.15) is 12.0 Å². The van der Waals surface area contributed by atoms with Gasteiger partial charge in [-0.15, -0.1) is 0 Å². The summed E-state index contributed by atoms with van der Waals surface area (Å²) in [6, 6.07) is 8.14. The van der Waals surface area contributed by atoms with Gasteiger partial charge in [-0.05, 0) is 18.7 Å². The second kappa shape index (κ2) is 5.69. The number of carbonyl (C=O) groups is 1. The van der Waals surface area contributed by atoms with Crippen molar-refractivity contribution in [2.24, 2.45) is 0 Å². The first-order valence-corrected chi connectivity index (χ1v) is 6.16. The quantitative estimate of drug-likeness (QED) is 0.843. The van der Waals surface area contributed by atoms with Crippen molar-refractivity contribution < 1.29 is 4.79 Å². The predicted molar refractivity (Wildman–Crippen MR) is 73.3 cm³/mol. The third-order valence-electron chi connectivity index (χ3n) is 3.10. The third kappa shape index (κ3) is 2.71. The highest BCUT2D eigenvalue weighted by molar-refractivity contribution is 5.84. The van der Waals surface area contributed by atoms with E-state index in [0.717, 1.165) is 17.6 Å². The number of para-hydroxylation sites is 1. The highest BCUT2D eigenvalue weighted by Gasteiger charge is 2.11. The first-order valence-electron chi connectivity index (χ1n) is 6.16. The fraction of sp³-hybridized carbons (Fsp3) is 0.357. The van der Waals surface area contributed by atoms with Crippen molar-refractivity contribution in [1.82, 2.24) is 15.2 Å². The van der Waals surface area contributed by atoms with Gasteiger partial charge in [0.2, 0.25) is 5.91 Å². The van der Waals surface area contributed by atoms with E-state index in [0.29, 0.717) is 13.0 Å². The van der Waals surface area contributed by atoms with Crippen LogP contribution in [0.4, 0.5) is 0 Å². The number of benzene rings is 1. The number of carbonyl (C=O) groups excluding carboxylic acids is 1. The minimum absolute atomic E-state index is 0.162. The number of H-pyrrole nitrogens is 1. The summed E-state index contributed by atoms with van der Waals surface area (Å²) in [5.74, 6) is 0.162.